The molecule has 3 rings (SSSR count). The molecule has 3 heteroatoms. The van der Waals surface area contributed by atoms with Crippen LogP contribution >= 0.6 is 0 Å². The molecule has 2 fully saturated rings. The minimum Gasteiger partial charge on any atom is -0.494 e. The largest absolute Gasteiger partial charge is 0.494 e. The Morgan fingerprint density at radius 1 is 0.852 bits per heavy atom. The van der Waals surface area contributed by atoms with Gasteiger partial charge in [-0.2, -0.15) is 0 Å². The summed E-state index contributed by atoms with van der Waals surface area (Å²) in [5.41, 5.74) is 0. The van der Waals surface area contributed by atoms with Crippen molar-refractivity contribution in [1.82, 2.24) is 0 Å². The Hall–Kier alpha value is -1.51. The number of benzene rings is 1. The van der Waals surface area contributed by atoms with Crippen LogP contribution in [0.4, 0.5) is 0 Å². The fraction of sp³-hybridized carbons (Fsp3) is 0.708. The molecule has 0 heterocycles. The first-order valence-electron chi connectivity index (χ1n) is 11.1. The van der Waals surface area contributed by atoms with Crippen molar-refractivity contribution in [3.63, 3.8) is 0 Å². The molecule has 0 radical (unpaired) electrons. The summed E-state index contributed by atoms with van der Waals surface area (Å²) in [6.07, 6.45) is 12.4. The molecule has 0 atom stereocenters. The highest BCUT2D eigenvalue weighted by Crippen LogP contribution is 2.42. The lowest BCUT2D eigenvalue weighted by atomic mass is 9.69. The Balaban J connectivity index is 1.42. The van der Waals surface area contributed by atoms with Gasteiger partial charge in [0, 0.05) is 0 Å². The summed E-state index contributed by atoms with van der Waals surface area (Å²) in [7, 11) is 0. The van der Waals surface area contributed by atoms with Gasteiger partial charge in [-0.05, 0) is 87.0 Å². The lowest BCUT2D eigenvalue weighted by Gasteiger charge is -2.37. The average Bonchev–Trinajstić information content (AvgIpc) is 2.73. The smallest absolute Gasteiger partial charge is 0.314 e. The van der Waals surface area contributed by atoms with E-state index in [4.69, 9.17) is 9.47 Å². The number of hydrogen-bond acceptors (Lipinski definition) is 3. The molecule has 27 heavy (non-hydrogen) atoms. The van der Waals surface area contributed by atoms with E-state index in [9.17, 15) is 4.79 Å². The number of carbonyl (C=O) groups excluding carboxylic acids is 1. The van der Waals surface area contributed by atoms with Gasteiger partial charge in [0.25, 0.3) is 0 Å². The minimum absolute atomic E-state index is 0.0506. The first-order valence-corrected chi connectivity index (χ1v) is 11.1. The van der Waals surface area contributed by atoms with Gasteiger partial charge in [0.1, 0.15) is 11.5 Å². The predicted molar refractivity (Wildman–Crippen MR) is 109 cm³/mol. The minimum atomic E-state index is -0.0506. The van der Waals surface area contributed by atoms with E-state index in [1.165, 1.54) is 44.9 Å². The Labute approximate surface area is 164 Å². The van der Waals surface area contributed by atoms with Crippen molar-refractivity contribution in [3.05, 3.63) is 24.3 Å². The summed E-state index contributed by atoms with van der Waals surface area (Å²) in [5.74, 6) is 4.18. The van der Waals surface area contributed by atoms with Crippen molar-refractivity contribution in [2.75, 3.05) is 6.61 Å². The van der Waals surface area contributed by atoms with Crippen LogP contribution in [0.1, 0.15) is 78.1 Å². The Bertz CT molecular complexity index is 564. The van der Waals surface area contributed by atoms with E-state index in [0.29, 0.717) is 12.4 Å². The van der Waals surface area contributed by atoms with E-state index in [2.05, 4.69) is 13.8 Å². The molecule has 2 saturated carbocycles. The predicted octanol–water partition coefficient (Wildman–Crippen LogP) is 6.40. The quantitative estimate of drug-likeness (QED) is 0.410. The zero-order valence-corrected chi connectivity index (χ0v) is 17.1. The molecule has 1 aromatic rings. The van der Waals surface area contributed by atoms with Gasteiger partial charge < -0.3 is 9.47 Å². The van der Waals surface area contributed by atoms with Gasteiger partial charge in [0.2, 0.25) is 0 Å². The van der Waals surface area contributed by atoms with Gasteiger partial charge in [0.05, 0.1) is 12.5 Å². The van der Waals surface area contributed by atoms with Gasteiger partial charge in [0.15, 0.2) is 0 Å². The fourth-order valence-corrected chi connectivity index (χ4v) is 4.92. The third-order valence-electron chi connectivity index (χ3n) is 6.76. The highest BCUT2D eigenvalue weighted by molar-refractivity contribution is 5.75. The van der Waals surface area contributed by atoms with Crippen molar-refractivity contribution in [1.29, 1.82) is 0 Å². The third-order valence-corrected chi connectivity index (χ3v) is 6.76. The molecular formula is C24H36O3. The maximum absolute atomic E-state index is 12.5. The number of ether oxygens (including phenoxy) is 2. The lowest BCUT2D eigenvalue weighted by molar-refractivity contribution is -0.140. The summed E-state index contributed by atoms with van der Waals surface area (Å²) in [5, 5.41) is 0. The average molecular weight is 373 g/mol. The molecule has 0 spiro atoms. The Morgan fingerprint density at radius 3 is 1.96 bits per heavy atom. The molecule has 150 valence electrons. The van der Waals surface area contributed by atoms with Gasteiger partial charge >= 0.3 is 5.97 Å². The first-order chi connectivity index (χ1) is 13.2. The van der Waals surface area contributed by atoms with Crippen LogP contribution < -0.4 is 9.47 Å². The Kier molecular flexibility index (Phi) is 7.60. The number of carbonyl (C=O) groups is 1. The number of rotatable bonds is 7. The van der Waals surface area contributed by atoms with Gasteiger partial charge in [-0.3, -0.25) is 4.79 Å². The molecule has 2 aliphatic carbocycles. The van der Waals surface area contributed by atoms with E-state index in [0.717, 1.165) is 42.8 Å². The number of esters is 1. The molecule has 0 amide bonds. The second-order valence-electron chi connectivity index (χ2n) is 8.54. The van der Waals surface area contributed by atoms with Crippen LogP contribution in [0, 0.1) is 23.7 Å². The maximum atomic E-state index is 12.5. The maximum Gasteiger partial charge on any atom is 0.314 e. The van der Waals surface area contributed by atoms with Crippen LogP contribution in [-0.2, 0) is 4.79 Å². The second-order valence-corrected chi connectivity index (χ2v) is 8.54. The van der Waals surface area contributed by atoms with Crippen LogP contribution in [0.5, 0.6) is 11.5 Å². The molecule has 1 aromatic carbocycles. The summed E-state index contributed by atoms with van der Waals surface area (Å²) >= 11 is 0. The first kappa shape index (κ1) is 20.2. The molecule has 0 unspecified atom stereocenters. The molecule has 2 aliphatic rings. The van der Waals surface area contributed by atoms with Crippen LogP contribution in [-0.4, -0.2) is 12.6 Å². The molecule has 0 aliphatic heterocycles. The van der Waals surface area contributed by atoms with E-state index >= 15 is 0 Å². The van der Waals surface area contributed by atoms with Crippen molar-refractivity contribution in [2.24, 2.45) is 23.7 Å². The zero-order chi connectivity index (χ0) is 19.1. The SMILES string of the molecule is CCCOc1ccc(OC(=O)C2CCC(C3CCC(CC)CC3)CC2)cc1. The monoisotopic (exact) mass is 372 g/mol. The van der Waals surface area contributed by atoms with E-state index in [-0.39, 0.29) is 11.9 Å². The lowest BCUT2D eigenvalue weighted by Crippen LogP contribution is -2.30. The van der Waals surface area contributed by atoms with Crippen molar-refractivity contribution < 1.29 is 14.3 Å². The highest BCUT2D eigenvalue weighted by Gasteiger charge is 2.33. The van der Waals surface area contributed by atoms with Crippen molar-refractivity contribution in [3.8, 4) is 11.5 Å². The van der Waals surface area contributed by atoms with E-state index in [1.807, 2.05) is 24.3 Å². The van der Waals surface area contributed by atoms with Gasteiger partial charge in [-0.1, -0.05) is 33.1 Å². The van der Waals surface area contributed by atoms with Crippen LogP contribution in [0.15, 0.2) is 24.3 Å². The summed E-state index contributed by atoms with van der Waals surface area (Å²) < 4.78 is 11.2. The number of hydrogen-bond donors (Lipinski definition) is 0. The molecule has 3 nitrogen and oxygen atoms in total. The van der Waals surface area contributed by atoms with Crippen molar-refractivity contribution in [2.45, 2.75) is 78.1 Å². The standard InChI is InChI=1S/C24H36O3/c1-3-17-26-22-13-15-23(16-14-22)27-24(25)21-11-9-20(10-12-21)19-7-5-18(4-2)6-8-19/h13-16,18-21H,3-12,17H2,1-2H3. The Morgan fingerprint density at radius 2 is 1.41 bits per heavy atom. The molecule has 0 N–H and O–H groups in total. The van der Waals surface area contributed by atoms with E-state index < -0.39 is 0 Å². The zero-order valence-electron chi connectivity index (χ0n) is 17.1. The van der Waals surface area contributed by atoms with Gasteiger partial charge in [-0.15, -0.1) is 0 Å². The fourth-order valence-electron chi connectivity index (χ4n) is 4.92. The molecule has 0 saturated heterocycles. The highest BCUT2D eigenvalue weighted by atomic mass is 16.5. The van der Waals surface area contributed by atoms with Crippen molar-refractivity contribution >= 4 is 5.97 Å². The second kappa shape index (κ2) is 10.1. The molecule has 0 aromatic heterocycles. The van der Waals surface area contributed by atoms with Crippen LogP contribution in [0.3, 0.4) is 0 Å². The van der Waals surface area contributed by atoms with Crippen LogP contribution in [0.25, 0.3) is 0 Å². The summed E-state index contributed by atoms with van der Waals surface area (Å²) in [4.78, 5) is 12.5. The third kappa shape index (κ3) is 5.73. The topological polar surface area (TPSA) is 35.5 Å². The molecule has 0 bridgehead atoms. The summed E-state index contributed by atoms with van der Waals surface area (Å²) in [6, 6.07) is 7.42. The molecular weight excluding hydrogens is 336 g/mol. The summed E-state index contributed by atoms with van der Waals surface area (Å²) in [6.45, 7) is 5.12. The van der Waals surface area contributed by atoms with E-state index in [1.54, 1.807) is 0 Å². The van der Waals surface area contributed by atoms with Crippen LogP contribution in [0.2, 0.25) is 0 Å². The van der Waals surface area contributed by atoms with Gasteiger partial charge in [-0.25, -0.2) is 0 Å². The normalized spacial score (nSPS) is 28.5.